The van der Waals surface area contributed by atoms with E-state index in [1.54, 1.807) is 18.3 Å². The van der Waals surface area contributed by atoms with Gasteiger partial charge < -0.3 is 9.72 Å². The molecule has 0 spiro atoms. The third kappa shape index (κ3) is 2.19. The highest BCUT2D eigenvalue weighted by atomic mass is 35.5. The van der Waals surface area contributed by atoms with E-state index in [2.05, 4.69) is 15.5 Å². The van der Waals surface area contributed by atoms with Crippen LogP contribution in [0.4, 0.5) is 0 Å². The van der Waals surface area contributed by atoms with Crippen molar-refractivity contribution >= 4 is 29.5 Å². The van der Waals surface area contributed by atoms with E-state index < -0.39 is 0 Å². The minimum Gasteiger partial charge on any atom is -0.473 e. The molecule has 1 fully saturated rings. The maximum Gasteiger partial charge on any atom is 0.277 e. The van der Waals surface area contributed by atoms with Gasteiger partial charge in [0, 0.05) is 11.9 Å². The van der Waals surface area contributed by atoms with Gasteiger partial charge in [-0.15, -0.1) is 5.10 Å². The first kappa shape index (κ1) is 10.4. The van der Waals surface area contributed by atoms with Crippen molar-refractivity contribution in [2.24, 2.45) is 5.10 Å². The largest absolute Gasteiger partial charge is 0.473 e. The molecule has 2 aliphatic rings. The molecule has 0 atom stereocenters. The van der Waals surface area contributed by atoms with Crippen LogP contribution in [0, 0.1) is 0 Å². The van der Waals surface area contributed by atoms with E-state index in [4.69, 9.17) is 16.3 Å². The number of rotatable bonds is 2. The van der Waals surface area contributed by atoms with Crippen LogP contribution in [0.2, 0.25) is 5.02 Å². The third-order valence-corrected chi connectivity index (χ3v) is 2.72. The SMILES string of the molecule is O=C1NN=C(OC2CC2)/C1=C\c1cc(Cl)c[nH]1. The predicted octanol–water partition coefficient (Wildman–Crippen LogP) is 1.67. The van der Waals surface area contributed by atoms with E-state index in [1.165, 1.54) is 0 Å². The Kier molecular flexibility index (Phi) is 2.40. The number of aromatic amines is 1. The summed E-state index contributed by atoms with van der Waals surface area (Å²) in [5.74, 6) is 0.106. The summed E-state index contributed by atoms with van der Waals surface area (Å²) in [6.45, 7) is 0. The number of halogens is 1. The van der Waals surface area contributed by atoms with Crippen LogP contribution in [-0.2, 0) is 9.53 Å². The van der Waals surface area contributed by atoms with Gasteiger partial charge in [0.1, 0.15) is 11.7 Å². The Morgan fingerprint density at radius 1 is 1.53 bits per heavy atom. The Balaban J connectivity index is 1.85. The first-order valence-electron chi connectivity index (χ1n) is 5.33. The molecule has 0 unspecified atom stereocenters. The molecule has 1 aliphatic carbocycles. The minimum absolute atomic E-state index is 0.206. The van der Waals surface area contributed by atoms with Crippen molar-refractivity contribution in [3.05, 3.63) is 28.6 Å². The van der Waals surface area contributed by atoms with Crippen molar-refractivity contribution in [2.45, 2.75) is 18.9 Å². The smallest absolute Gasteiger partial charge is 0.277 e. The number of amides is 1. The van der Waals surface area contributed by atoms with Gasteiger partial charge in [0.25, 0.3) is 5.91 Å². The molecule has 88 valence electrons. The molecular weight excluding hydrogens is 242 g/mol. The quantitative estimate of drug-likeness (QED) is 0.786. The van der Waals surface area contributed by atoms with E-state index >= 15 is 0 Å². The fourth-order valence-electron chi connectivity index (χ4n) is 1.50. The molecule has 1 aromatic rings. The first-order valence-corrected chi connectivity index (χ1v) is 5.71. The van der Waals surface area contributed by atoms with Crippen LogP contribution in [0.3, 0.4) is 0 Å². The lowest BCUT2D eigenvalue weighted by Gasteiger charge is -2.02. The minimum atomic E-state index is -0.258. The average molecular weight is 252 g/mol. The molecule has 0 saturated heterocycles. The molecule has 5 nitrogen and oxygen atoms in total. The van der Waals surface area contributed by atoms with Crippen molar-refractivity contribution < 1.29 is 9.53 Å². The Hall–Kier alpha value is -1.75. The van der Waals surface area contributed by atoms with Crippen LogP contribution in [0.1, 0.15) is 18.5 Å². The molecular formula is C11H10ClN3O2. The highest BCUT2D eigenvalue weighted by molar-refractivity contribution is 6.30. The third-order valence-electron chi connectivity index (χ3n) is 2.51. The molecule has 1 aromatic heterocycles. The number of carbonyl (C=O) groups is 1. The van der Waals surface area contributed by atoms with Crippen molar-refractivity contribution in [2.75, 3.05) is 0 Å². The number of hydrogen-bond acceptors (Lipinski definition) is 3. The number of nitrogens with one attached hydrogen (secondary N) is 2. The van der Waals surface area contributed by atoms with Gasteiger partial charge >= 0.3 is 0 Å². The van der Waals surface area contributed by atoms with Gasteiger partial charge in [-0.05, 0) is 25.0 Å². The average Bonchev–Trinajstić information content (AvgIpc) is 2.93. The molecule has 1 aliphatic heterocycles. The molecule has 2 heterocycles. The molecule has 3 rings (SSSR count). The van der Waals surface area contributed by atoms with Crippen LogP contribution >= 0.6 is 11.6 Å². The second-order valence-electron chi connectivity index (χ2n) is 4.01. The number of carbonyl (C=O) groups excluding carboxylic acids is 1. The lowest BCUT2D eigenvalue weighted by molar-refractivity contribution is -0.116. The second-order valence-corrected chi connectivity index (χ2v) is 4.44. The monoisotopic (exact) mass is 251 g/mol. The maximum atomic E-state index is 11.6. The van der Waals surface area contributed by atoms with Crippen molar-refractivity contribution in [3.63, 3.8) is 0 Å². The zero-order chi connectivity index (χ0) is 11.8. The second kappa shape index (κ2) is 3.92. The van der Waals surface area contributed by atoms with Crippen LogP contribution in [-0.4, -0.2) is 22.9 Å². The van der Waals surface area contributed by atoms with Crippen LogP contribution in [0.15, 0.2) is 22.9 Å². The molecule has 0 bridgehead atoms. The van der Waals surface area contributed by atoms with E-state index in [0.29, 0.717) is 16.5 Å². The fourth-order valence-corrected chi connectivity index (χ4v) is 1.68. The summed E-state index contributed by atoms with van der Waals surface area (Å²) in [4.78, 5) is 14.5. The van der Waals surface area contributed by atoms with Gasteiger partial charge in [-0.3, -0.25) is 4.79 Å². The van der Waals surface area contributed by atoms with Gasteiger partial charge in [-0.25, -0.2) is 5.43 Å². The number of hydrazone groups is 1. The molecule has 0 radical (unpaired) electrons. The van der Waals surface area contributed by atoms with Crippen LogP contribution in [0.25, 0.3) is 6.08 Å². The molecule has 17 heavy (non-hydrogen) atoms. The Morgan fingerprint density at radius 3 is 3.00 bits per heavy atom. The number of aromatic nitrogens is 1. The lowest BCUT2D eigenvalue weighted by Crippen LogP contribution is -2.14. The van der Waals surface area contributed by atoms with Gasteiger partial charge in [-0.1, -0.05) is 11.6 Å². The first-order chi connectivity index (χ1) is 8.22. The van der Waals surface area contributed by atoms with Gasteiger partial charge in [-0.2, -0.15) is 0 Å². The Morgan fingerprint density at radius 2 is 2.35 bits per heavy atom. The standard InChI is InChI=1S/C11H10ClN3O2/c12-6-3-7(13-5-6)4-9-10(16)14-15-11(9)17-8-1-2-8/h3-5,8,13H,1-2H2,(H,14,16)/b9-4-. The molecule has 0 aromatic carbocycles. The zero-order valence-corrected chi connectivity index (χ0v) is 9.62. The summed E-state index contributed by atoms with van der Waals surface area (Å²) >= 11 is 5.79. The van der Waals surface area contributed by atoms with E-state index in [-0.39, 0.29) is 12.0 Å². The van der Waals surface area contributed by atoms with Crippen molar-refractivity contribution in [1.82, 2.24) is 10.4 Å². The summed E-state index contributed by atoms with van der Waals surface area (Å²) < 4.78 is 5.54. The summed E-state index contributed by atoms with van der Waals surface area (Å²) in [6.07, 6.45) is 5.58. The number of hydrogen-bond donors (Lipinski definition) is 2. The zero-order valence-electron chi connectivity index (χ0n) is 8.87. The summed E-state index contributed by atoms with van der Waals surface area (Å²) in [5.41, 5.74) is 3.56. The van der Waals surface area contributed by atoms with E-state index in [9.17, 15) is 4.79 Å². The lowest BCUT2D eigenvalue weighted by atomic mass is 10.2. The fraction of sp³-hybridized carbons (Fsp3) is 0.273. The van der Waals surface area contributed by atoms with E-state index in [0.717, 1.165) is 18.5 Å². The highest BCUT2D eigenvalue weighted by Crippen LogP contribution is 2.26. The van der Waals surface area contributed by atoms with Gasteiger partial charge in [0.2, 0.25) is 5.90 Å². The predicted molar refractivity (Wildman–Crippen MR) is 63.5 cm³/mol. The Labute approximate surface area is 102 Å². The van der Waals surface area contributed by atoms with Crippen molar-refractivity contribution in [3.8, 4) is 0 Å². The number of H-pyrrole nitrogens is 1. The molecule has 1 saturated carbocycles. The van der Waals surface area contributed by atoms with Crippen LogP contribution < -0.4 is 5.43 Å². The summed E-state index contributed by atoms with van der Waals surface area (Å²) in [5, 5.41) is 4.46. The van der Waals surface area contributed by atoms with Gasteiger partial charge in [0.05, 0.1) is 5.02 Å². The summed E-state index contributed by atoms with van der Waals surface area (Å²) in [6, 6.07) is 1.73. The van der Waals surface area contributed by atoms with Crippen LogP contribution in [0.5, 0.6) is 0 Å². The number of nitrogens with zero attached hydrogens (tertiary/aromatic N) is 1. The van der Waals surface area contributed by atoms with Gasteiger partial charge in [0.15, 0.2) is 0 Å². The maximum absolute atomic E-state index is 11.6. The highest BCUT2D eigenvalue weighted by Gasteiger charge is 2.31. The van der Waals surface area contributed by atoms with Crippen molar-refractivity contribution in [1.29, 1.82) is 0 Å². The molecule has 2 N–H and O–H groups in total. The molecule has 6 heteroatoms. The Bertz CT molecular complexity index is 529. The topological polar surface area (TPSA) is 66.5 Å². The normalized spacial score (nSPS) is 21.6. The molecule has 1 amide bonds. The van der Waals surface area contributed by atoms with E-state index in [1.807, 2.05) is 0 Å². The summed E-state index contributed by atoms with van der Waals surface area (Å²) in [7, 11) is 0. The number of ether oxygens (including phenoxy) is 1.